The molecule has 0 radical (unpaired) electrons. The highest BCUT2D eigenvalue weighted by Crippen LogP contribution is 2.68. The lowest BCUT2D eigenvalue weighted by molar-refractivity contribution is -0.188. The van der Waals surface area contributed by atoms with Crippen LogP contribution in [0.4, 0.5) is 0 Å². The van der Waals surface area contributed by atoms with Gasteiger partial charge in [-0.1, -0.05) is 41.5 Å². The number of hydrogen-bond acceptors (Lipinski definition) is 7. The Balaban J connectivity index is 0.865. The topological polar surface area (TPSA) is 168 Å². The Labute approximate surface area is 342 Å². The molecule has 7 N–H and O–H groups in total. The van der Waals surface area contributed by atoms with Gasteiger partial charge in [0.05, 0.1) is 30.5 Å². The van der Waals surface area contributed by atoms with Gasteiger partial charge < -0.3 is 36.0 Å². The first-order valence-electron chi connectivity index (χ1n) is 23.9. The molecule has 4 unspecified atom stereocenters. The molecular formula is C48H79NO8. The maximum atomic E-state index is 13.7. The van der Waals surface area contributed by atoms with Crippen molar-refractivity contribution in [3.05, 3.63) is 0 Å². The summed E-state index contributed by atoms with van der Waals surface area (Å²) in [6.07, 6.45) is 10.5. The molecule has 0 bridgehead atoms. The minimum Gasteiger partial charge on any atom is -0.481 e. The largest absolute Gasteiger partial charge is 0.481 e. The zero-order valence-corrected chi connectivity index (χ0v) is 36.0. The Kier molecular flexibility index (Phi) is 11.8. The fourth-order valence-corrected chi connectivity index (χ4v) is 18.2. The third kappa shape index (κ3) is 7.07. The first-order valence-corrected chi connectivity index (χ1v) is 23.9. The van der Waals surface area contributed by atoms with Crippen LogP contribution in [-0.4, -0.2) is 79.1 Å². The Morgan fingerprint density at radius 2 is 1.09 bits per heavy atom. The van der Waals surface area contributed by atoms with Crippen LogP contribution < -0.4 is 5.32 Å². The van der Waals surface area contributed by atoms with Crippen molar-refractivity contribution >= 4 is 11.9 Å². The van der Waals surface area contributed by atoms with Gasteiger partial charge >= 0.3 is 5.97 Å². The Bertz CT molecular complexity index is 1480. The van der Waals surface area contributed by atoms with Gasteiger partial charge in [-0.25, -0.2) is 0 Å². The maximum Gasteiger partial charge on any atom is 0.303 e. The zero-order valence-electron chi connectivity index (χ0n) is 36.0. The lowest BCUT2D eigenvalue weighted by atomic mass is 9.46. The number of carboxylic acid groups (broad SMARTS) is 1. The number of carboxylic acids is 1. The third-order valence-electron chi connectivity index (χ3n) is 20.3. The highest BCUT2D eigenvalue weighted by atomic mass is 16.4. The van der Waals surface area contributed by atoms with E-state index >= 15 is 0 Å². The van der Waals surface area contributed by atoms with E-state index in [1.807, 2.05) is 0 Å². The van der Waals surface area contributed by atoms with Crippen molar-refractivity contribution in [2.45, 2.75) is 181 Å². The minimum absolute atomic E-state index is 0.0860. The van der Waals surface area contributed by atoms with E-state index in [2.05, 4.69) is 46.9 Å². The average Bonchev–Trinajstić information content (AvgIpc) is 3.67. The van der Waals surface area contributed by atoms with Gasteiger partial charge in [0.1, 0.15) is 0 Å². The lowest BCUT2D eigenvalue weighted by Crippen LogP contribution is -2.61. The second kappa shape index (κ2) is 15.9. The van der Waals surface area contributed by atoms with Crippen LogP contribution in [-0.2, 0) is 9.59 Å². The second-order valence-corrected chi connectivity index (χ2v) is 22.8. The van der Waals surface area contributed by atoms with E-state index in [9.17, 15) is 40.2 Å². The molecule has 0 aliphatic heterocycles. The van der Waals surface area contributed by atoms with Gasteiger partial charge in [-0.3, -0.25) is 9.59 Å². The van der Waals surface area contributed by atoms with Crippen LogP contribution in [0.3, 0.4) is 0 Å². The van der Waals surface area contributed by atoms with Gasteiger partial charge in [0.2, 0.25) is 5.91 Å². The third-order valence-corrected chi connectivity index (χ3v) is 20.3. The van der Waals surface area contributed by atoms with Gasteiger partial charge in [-0.05, 0) is 195 Å². The summed E-state index contributed by atoms with van der Waals surface area (Å²) in [5.41, 5.74) is -0.565. The van der Waals surface area contributed by atoms with E-state index in [0.717, 1.165) is 77.0 Å². The number of nitrogens with one attached hydrogen (secondary N) is 1. The van der Waals surface area contributed by atoms with Crippen LogP contribution in [0.5, 0.6) is 0 Å². The molecule has 0 aromatic rings. The molecule has 1 amide bonds. The lowest BCUT2D eigenvalue weighted by Gasteiger charge is -2.61. The molecule has 24 atom stereocenters. The number of carbonyl (C=O) groups is 2. The van der Waals surface area contributed by atoms with Crippen LogP contribution in [0.25, 0.3) is 0 Å². The van der Waals surface area contributed by atoms with Gasteiger partial charge in [0, 0.05) is 18.9 Å². The van der Waals surface area contributed by atoms with E-state index < -0.39 is 24.3 Å². The highest BCUT2D eigenvalue weighted by molar-refractivity contribution is 5.76. The van der Waals surface area contributed by atoms with Crippen LogP contribution >= 0.6 is 0 Å². The Morgan fingerprint density at radius 3 is 1.60 bits per heavy atom. The summed E-state index contributed by atoms with van der Waals surface area (Å²) < 4.78 is 0. The number of aliphatic hydroxyl groups is 5. The predicted octanol–water partition coefficient (Wildman–Crippen LogP) is 6.66. The normalized spacial score (nSPS) is 53.9. The summed E-state index contributed by atoms with van der Waals surface area (Å²) in [5, 5.41) is 70.7. The van der Waals surface area contributed by atoms with Crippen LogP contribution in [0.15, 0.2) is 0 Å². The highest BCUT2D eigenvalue weighted by Gasteiger charge is 2.65. The quantitative estimate of drug-likeness (QED) is 0.136. The van der Waals surface area contributed by atoms with E-state index in [1.54, 1.807) is 0 Å². The Hall–Kier alpha value is -1.26. The predicted molar refractivity (Wildman–Crippen MR) is 218 cm³/mol. The summed E-state index contributed by atoms with van der Waals surface area (Å²) in [5.74, 6) is 4.25. The number of fused-ring (bicyclic) bond motifs is 10. The fourth-order valence-electron chi connectivity index (χ4n) is 18.2. The van der Waals surface area contributed by atoms with Crippen molar-refractivity contribution in [3.8, 4) is 0 Å². The average molecular weight is 798 g/mol. The Morgan fingerprint density at radius 1 is 0.614 bits per heavy atom. The SMILES string of the molecule is CC1C[C@@H](O)C[C@H]2C[C@@H](O)[C@@H]3[C@H](C[C@H](O)[C@]4(C)[C@@H]([C@H](C)CCC(=O)N[C@@H]5CC(C)C6[C@@H](C5)C[C@@H](O)[C@@H]5[C@@H]6C[C@H](O)[C@]6(C)[C@@H]([C@H](C)CCC(=O)O)CC[C@@H]56)CC[C@@H]34)C12. The van der Waals surface area contributed by atoms with E-state index in [0.29, 0.717) is 66.6 Å². The number of aliphatic hydroxyl groups excluding tert-OH is 5. The zero-order chi connectivity index (χ0) is 40.9. The number of amides is 1. The molecule has 0 aromatic carbocycles. The number of rotatable bonds is 9. The molecule has 8 saturated carbocycles. The first kappa shape index (κ1) is 42.4. The molecule has 8 aliphatic rings. The van der Waals surface area contributed by atoms with Gasteiger partial charge in [0.15, 0.2) is 0 Å². The summed E-state index contributed by atoms with van der Waals surface area (Å²) >= 11 is 0. The molecule has 8 aliphatic carbocycles. The fraction of sp³-hybridized carbons (Fsp3) is 0.958. The molecular weight excluding hydrogens is 719 g/mol. The number of carbonyl (C=O) groups excluding carboxylic acids is 1. The van der Waals surface area contributed by atoms with E-state index in [4.69, 9.17) is 0 Å². The number of hydrogen-bond donors (Lipinski definition) is 7. The van der Waals surface area contributed by atoms with Crippen molar-refractivity contribution < 1.29 is 40.2 Å². The minimum atomic E-state index is -0.763. The van der Waals surface area contributed by atoms with Crippen molar-refractivity contribution in [2.75, 3.05) is 0 Å². The van der Waals surface area contributed by atoms with Crippen molar-refractivity contribution in [2.24, 2.45) is 106 Å². The molecule has 9 nitrogen and oxygen atoms in total. The van der Waals surface area contributed by atoms with Crippen molar-refractivity contribution in [3.63, 3.8) is 0 Å². The summed E-state index contributed by atoms with van der Waals surface area (Å²) in [7, 11) is 0. The van der Waals surface area contributed by atoms with Crippen LogP contribution in [0.2, 0.25) is 0 Å². The molecule has 0 saturated heterocycles. The summed E-state index contributed by atoms with van der Waals surface area (Å²) in [6, 6.07) is 0.0860. The monoisotopic (exact) mass is 798 g/mol. The van der Waals surface area contributed by atoms with E-state index in [-0.39, 0.29) is 88.8 Å². The molecule has 0 aromatic heterocycles. The maximum absolute atomic E-state index is 13.7. The molecule has 8 fully saturated rings. The van der Waals surface area contributed by atoms with Crippen molar-refractivity contribution in [1.82, 2.24) is 5.32 Å². The molecule has 9 heteroatoms. The van der Waals surface area contributed by atoms with Crippen LogP contribution in [0.1, 0.15) is 144 Å². The van der Waals surface area contributed by atoms with Gasteiger partial charge in [-0.2, -0.15) is 0 Å². The molecule has 0 spiro atoms. The second-order valence-electron chi connectivity index (χ2n) is 22.8. The molecule has 324 valence electrons. The standard InChI is InChI=1S/C48H79NO8/c1-23(33-9-11-36-46-32(22-40(54)47(33,36)5)44-26(4)16-30(50)18-28(44)20-38(46)52)7-13-41(55)49-29-15-25(3)43-27(17-29)19-37(51)45-31(43)21-39(53)48(6)34(10-12-35(45)48)24(2)8-14-42(56)57/h23-40,43-46,50-54H,7-22H2,1-6H3,(H,49,55)(H,56,57)/t23-,24-,25?,26?,27+,28+,29-,30-,31-,32-,33-,34-,35+,36+,37-,38-,39+,40+,43?,44?,45-,46-,47-,48-/m1/s1. The van der Waals surface area contributed by atoms with Crippen LogP contribution in [0, 0.1) is 106 Å². The number of aliphatic carboxylic acids is 1. The summed E-state index contributed by atoms with van der Waals surface area (Å²) in [4.78, 5) is 25.0. The van der Waals surface area contributed by atoms with Crippen molar-refractivity contribution in [1.29, 1.82) is 0 Å². The molecule has 8 rings (SSSR count). The first-order chi connectivity index (χ1) is 26.9. The summed E-state index contributed by atoms with van der Waals surface area (Å²) in [6.45, 7) is 13.6. The van der Waals surface area contributed by atoms with E-state index in [1.165, 1.54) is 0 Å². The molecule has 0 heterocycles. The smallest absolute Gasteiger partial charge is 0.303 e. The van der Waals surface area contributed by atoms with Gasteiger partial charge in [-0.15, -0.1) is 0 Å². The molecule has 57 heavy (non-hydrogen) atoms. The van der Waals surface area contributed by atoms with Gasteiger partial charge in [0.25, 0.3) is 0 Å².